The van der Waals surface area contributed by atoms with Crippen LogP contribution in [0.2, 0.25) is 0 Å². The summed E-state index contributed by atoms with van der Waals surface area (Å²) in [6.45, 7) is 8.39. The number of hydrogen-bond donors (Lipinski definition) is 1. The molecule has 0 fully saturated rings. The molecule has 1 N–H and O–H groups in total. The van der Waals surface area contributed by atoms with Crippen LogP contribution in [0.25, 0.3) is 15.9 Å². The molecule has 0 saturated heterocycles. The van der Waals surface area contributed by atoms with E-state index in [9.17, 15) is 4.79 Å². The van der Waals surface area contributed by atoms with Crippen molar-refractivity contribution in [1.29, 1.82) is 0 Å². The number of aromatic nitrogens is 5. The van der Waals surface area contributed by atoms with Crippen molar-refractivity contribution in [3.8, 4) is 0 Å². The van der Waals surface area contributed by atoms with Crippen LogP contribution in [0.4, 0.5) is 5.13 Å². The highest BCUT2D eigenvalue weighted by Gasteiger charge is 2.21. The average Bonchev–Trinajstić information content (AvgIpc) is 3.33. The van der Waals surface area contributed by atoms with Crippen molar-refractivity contribution in [1.82, 2.24) is 24.6 Å². The highest BCUT2D eigenvalue weighted by atomic mass is 32.2. The smallest absolute Gasteiger partial charge is 0.236 e. The number of nitrogens with one attached hydrogen (secondary N) is 1. The molecular formula is C17H18N6OS3. The Morgan fingerprint density at radius 2 is 2.15 bits per heavy atom. The highest BCUT2D eigenvalue weighted by Crippen LogP contribution is 2.34. The van der Waals surface area contributed by atoms with Crippen molar-refractivity contribution in [3.05, 3.63) is 27.8 Å². The maximum absolute atomic E-state index is 12.2. The molecule has 0 unspecified atom stereocenters. The van der Waals surface area contributed by atoms with Crippen molar-refractivity contribution in [3.63, 3.8) is 0 Å². The van der Waals surface area contributed by atoms with Gasteiger partial charge in [-0.25, -0.2) is 9.97 Å². The molecule has 7 nitrogen and oxygen atoms in total. The molecule has 27 heavy (non-hydrogen) atoms. The van der Waals surface area contributed by atoms with Crippen LogP contribution >= 0.6 is 34.4 Å². The second kappa shape index (κ2) is 7.17. The highest BCUT2D eigenvalue weighted by molar-refractivity contribution is 7.99. The van der Waals surface area contributed by atoms with E-state index in [0.29, 0.717) is 10.3 Å². The van der Waals surface area contributed by atoms with E-state index >= 15 is 0 Å². The fourth-order valence-corrected chi connectivity index (χ4v) is 5.11. The second-order valence-electron chi connectivity index (χ2n) is 6.40. The van der Waals surface area contributed by atoms with Crippen LogP contribution in [-0.4, -0.2) is 36.2 Å². The number of thiophene rings is 1. The van der Waals surface area contributed by atoms with Gasteiger partial charge in [-0.2, -0.15) is 0 Å². The van der Waals surface area contributed by atoms with Crippen LogP contribution in [0.5, 0.6) is 0 Å². The average molecular weight is 419 g/mol. The minimum atomic E-state index is -0.116. The number of thioether (sulfide) groups is 1. The summed E-state index contributed by atoms with van der Waals surface area (Å²) in [5, 5.41) is 15.7. The Morgan fingerprint density at radius 1 is 1.33 bits per heavy atom. The first kappa shape index (κ1) is 18.3. The van der Waals surface area contributed by atoms with E-state index in [2.05, 4.69) is 48.2 Å². The van der Waals surface area contributed by atoms with Crippen LogP contribution in [0.15, 0.2) is 16.7 Å². The second-order valence-corrected chi connectivity index (χ2v) is 9.44. The minimum Gasteiger partial charge on any atom is -0.301 e. The summed E-state index contributed by atoms with van der Waals surface area (Å²) in [5.41, 5.74) is 2.00. The molecule has 10 heteroatoms. The molecule has 0 aliphatic rings. The van der Waals surface area contributed by atoms with Gasteiger partial charge in [-0.3, -0.25) is 9.20 Å². The van der Waals surface area contributed by atoms with Gasteiger partial charge >= 0.3 is 0 Å². The Bertz CT molecular complexity index is 1130. The molecule has 1 amide bonds. The minimum absolute atomic E-state index is 0.116. The van der Waals surface area contributed by atoms with Gasteiger partial charge in [0, 0.05) is 22.4 Å². The predicted octanol–water partition coefficient (Wildman–Crippen LogP) is 4.27. The third-order valence-electron chi connectivity index (χ3n) is 4.20. The number of anilines is 1. The molecule has 4 heterocycles. The van der Waals surface area contributed by atoms with Gasteiger partial charge in [0.1, 0.15) is 10.7 Å². The molecule has 0 aromatic carbocycles. The summed E-state index contributed by atoms with van der Waals surface area (Å²) < 4.78 is 1.99. The maximum Gasteiger partial charge on any atom is 0.236 e. The number of rotatable bonds is 5. The molecule has 0 aliphatic heterocycles. The van der Waals surface area contributed by atoms with E-state index in [-0.39, 0.29) is 17.6 Å². The van der Waals surface area contributed by atoms with Crippen LogP contribution < -0.4 is 5.32 Å². The van der Waals surface area contributed by atoms with Gasteiger partial charge in [0.25, 0.3) is 0 Å². The summed E-state index contributed by atoms with van der Waals surface area (Å²) in [5.74, 6) is 1.23. The van der Waals surface area contributed by atoms with Crippen molar-refractivity contribution in [2.24, 2.45) is 0 Å². The molecule has 4 rings (SSSR count). The molecule has 0 spiro atoms. The Labute approximate surface area is 168 Å². The molecule has 0 saturated carbocycles. The van der Waals surface area contributed by atoms with Crippen molar-refractivity contribution in [2.45, 2.75) is 38.8 Å². The van der Waals surface area contributed by atoms with Gasteiger partial charge < -0.3 is 5.32 Å². The Morgan fingerprint density at radius 3 is 2.85 bits per heavy atom. The molecular weight excluding hydrogens is 400 g/mol. The van der Waals surface area contributed by atoms with E-state index in [1.54, 1.807) is 17.5 Å². The Hall–Kier alpha value is -2.04. The van der Waals surface area contributed by atoms with Gasteiger partial charge in [0.15, 0.2) is 15.9 Å². The fraction of sp³-hybridized carbons (Fsp3) is 0.353. The molecule has 4 aromatic heterocycles. The molecule has 0 atom stereocenters. The Balaban J connectivity index is 1.71. The van der Waals surface area contributed by atoms with Crippen LogP contribution in [0, 0.1) is 13.8 Å². The topological polar surface area (TPSA) is 85.1 Å². The monoisotopic (exact) mass is 418 g/mol. The number of nitrogens with zero attached hydrogens (tertiary/aromatic N) is 5. The summed E-state index contributed by atoms with van der Waals surface area (Å²) in [7, 11) is 0. The summed E-state index contributed by atoms with van der Waals surface area (Å²) in [6, 6.07) is 0. The number of amides is 1. The van der Waals surface area contributed by atoms with Gasteiger partial charge in [-0.05, 0) is 19.4 Å². The zero-order valence-electron chi connectivity index (χ0n) is 15.3. The van der Waals surface area contributed by atoms with Gasteiger partial charge in [-0.1, -0.05) is 25.6 Å². The summed E-state index contributed by atoms with van der Waals surface area (Å²) >= 11 is 4.44. The first-order valence-corrected chi connectivity index (χ1v) is 11.1. The maximum atomic E-state index is 12.2. The van der Waals surface area contributed by atoms with Crippen LogP contribution in [0.1, 0.15) is 36.0 Å². The lowest BCUT2D eigenvalue weighted by atomic mass is 10.2. The molecule has 0 bridgehead atoms. The van der Waals surface area contributed by atoms with Crippen molar-refractivity contribution >= 4 is 61.3 Å². The summed E-state index contributed by atoms with van der Waals surface area (Å²) in [4.78, 5) is 23.4. The number of carbonyl (C=O) groups excluding carboxylic acids is 1. The number of aryl methyl sites for hydroxylation is 2. The number of carbonyl (C=O) groups is 1. The lowest BCUT2D eigenvalue weighted by Crippen LogP contribution is -2.14. The zero-order valence-corrected chi connectivity index (χ0v) is 17.8. The lowest BCUT2D eigenvalue weighted by molar-refractivity contribution is -0.113. The largest absolute Gasteiger partial charge is 0.301 e. The van der Waals surface area contributed by atoms with E-state index in [4.69, 9.17) is 4.98 Å². The van der Waals surface area contributed by atoms with Gasteiger partial charge in [-0.15, -0.1) is 32.9 Å². The molecule has 140 valence electrons. The Kier molecular flexibility index (Phi) is 4.87. The van der Waals surface area contributed by atoms with Crippen molar-refractivity contribution < 1.29 is 4.79 Å². The number of hydrogen-bond acceptors (Lipinski definition) is 8. The van der Waals surface area contributed by atoms with E-state index in [1.807, 2.05) is 9.78 Å². The van der Waals surface area contributed by atoms with Crippen molar-refractivity contribution in [2.75, 3.05) is 11.1 Å². The SMILES string of the molecule is Cc1sc2nc(C(C)C)n3c(SCC(=O)Nc4nccs4)nnc3c2c1C. The number of fused-ring (bicyclic) bond motifs is 3. The zero-order chi connectivity index (χ0) is 19.1. The van der Waals surface area contributed by atoms with Gasteiger partial charge in [0.2, 0.25) is 5.91 Å². The summed E-state index contributed by atoms with van der Waals surface area (Å²) in [6.07, 6.45) is 1.66. The lowest BCUT2D eigenvalue weighted by Gasteiger charge is -2.10. The van der Waals surface area contributed by atoms with E-state index in [0.717, 1.165) is 21.7 Å². The normalized spacial score (nSPS) is 11.7. The van der Waals surface area contributed by atoms with E-state index < -0.39 is 0 Å². The van der Waals surface area contributed by atoms with Crippen LogP contribution in [0.3, 0.4) is 0 Å². The fourth-order valence-electron chi connectivity index (χ4n) is 2.79. The number of thiazole rings is 1. The van der Waals surface area contributed by atoms with E-state index in [1.165, 1.54) is 33.5 Å². The van der Waals surface area contributed by atoms with Crippen LogP contribution in [-0.2, 0) is 4.79 Å². The standard InChI is InChI=1S/C17H18N6OS3/c1-8(2)13-20-15-12(9(3)10(4)27-15)14-21-22-17(23(13)14)26-7-11(24)19-16-18-5-6-25-16/h5-6,8H,7H2,1-4H3,(H,18,19,24). The molecule has 4 aromatic rings. The first-order chi connectivity index (χ1) is 13.0. The third-order valence-corrected chi connectivity index (χ3v) is 6.91. The van der Waals surface area contributed by atoms with Gasteiger partial charge in [0.05, 0.1) is 11.1 Å². The molecule has 0 radical (unpaired) electrons. The quantitative estimate of drug-likeness (QED) is 0.487. The molecule has 0 aliphatic carbocycles. The third kappa shape index (κ3) is 3.32. The first-order valence-electron chi connectivity index (χ1n) is 8.42. The predicted molar refractivity (Wildman–Crippen MR) is 111 cm³/mol.